The first-order chi connectivity index (χ1) is 12.8. The normalized spacial score (nSPS) is 14.7. The Morgan fingerprint density at radius 3 is 2.56 bits per heavy atom. The van der Waals surface area contributed by atoms with Crippen LogP contribution >= 0.6 is 0 Å². The fourth-order valence-electron chi connectivity index (χ4n) is 2.45. The van der Waals surface area contributed by atoms with Crippen molar-refractivity contribution in [1.29, 1.82) is 0 Å². The zero-order chi connectivity index (χ0) is 19.9. The van der Waals surface area contributed by atoms with E-state index in [4.69, 9.17) is 14.2 Å². The lowest BCUT2D eigenvalue weighted by atomic mass is 10.1. The summed E-state index contributed by atoms with van der Waals surface area (Å²) in [6.07, 6.45) is -4.55. The fraction of sp³-hybridized carbons (Fsp3) is 0.529. The molecule has 0 spiro atoms. The van der Waals surface area contributed by atoms with Gasteiger partial charge in [0.1, 0.15) is 6.61 Å². The van der Waals surface area contributed by atoms with Gasteiger partial charge in [-0.2, -0.15) is 13.2 Å². The number of benzene rings is 1. The molecule has 0 radical (unpaired) electrons. The minimum Gasteiger partial charge on any atom is -0.454 e. The molecule has 1 aromatic rings. The van der Waals surface area contributed by atoms with Gasteiger partial charge in [-0.1, -0.05) is 0 Å². The van der Waals surface area contributed by atoms with Crippen molar-refractivity contribution < 1.29 is 37.0 Å². The molecule has 150 valence electrons. The number of nitrogens with one attached hydrogen (secondary N) is 1. The van der Waals surface area contributed by atoms with Crippen LogP contribution in [-0.2, 0) is 30.0 Å². The Balaban J connectivity index is 2.11. The second-order valence-electron chi connectivity index (χ2n) is 5.68. The average molecular weight is 390 g/mol. The summed E-state index contributed by atoms with van der Waals surface area (Å²) < 4.78 is 53.9. The zero-order valence-electron chi connectivity index (χ0n) is 14.8. The van der Waals surface area contributed by atoms with Crippen LogP contribution in [0.2, 0.25) is 0 Å². The summed E-state index contributed by atoms with van der Waals surface area (Å²) in [6, 6.07) is 3.14. The van der Waals surface area contributed by atoms with E-state index < -0.39 is 30.2 Å². The third-order valence-corrected chi connectivity index (χ3v) is 3.74. The second kappa shape index (κ2) is 9.56. The number of alkyl halides is 3. The largest absolute Gasteiger partial charge is 0.454 e. The number of hydrogen-bond acceptors (Lipinski definition) is 6. The van der Waals surface area contributed by atoms with E-state index in [1.165, 1.54) is 6.07 Å². The molecule has 1 aliphatic rings. The molecule has 1 fully saturated rings. The Hall–Kier alpha value is -2.33. The number of nitrogens with zero attached hydrogens (tertiary/aromatic N) is 1. The van der Waals surface area contributed by atoms with E-state index in [1.807, 2.05) is 4.90 Å². The number of hydrogen-bond donors (Lipinski definition) is 1. The lowest BCUT2D eigenvalue weighted by Gasteiger charge is -2.31. The van der Waals surface area contributed by atoms with Gasteiger partial charge in [0.2, 0.25) is 0 Å². The monoisotopic (exact) mass is 390 g/mol. The van der Waals surface area contributed by atoms with Gasteiger partial charge >= 0.3 is 12.1 Å². The summed E-state index contributed by atoms with van der Waals surface area (Å²) >= 11 is 0. The summed E-state index contributed by atoms with van der Waals surface area (Å²) in [5, 5.41) is 2.39. The molecule has 0 atom stereocenters. The van der Waals surface area contributed by atoms with Crippen LogP contribution in [0.1, 0.15) is 12.5 Å². The smallest absolute Gasteiger partial charge is 0.416 e. The molecule has 2 rings (SSSR count). The summed E-state index contributed by atoms with van der Waals surface area (Å²) in [5.41, 5.74) is -0.443. The summed E-state index contributed by atoms with van der Waals surface area (Å²) in [4.78, 5) is 25.2. The predicted molar refractivity (Wildman–Crippen MR) is 90.6 cm³/mol. The van der Waals surface area contributed by atoms with Crippen molar-refractivity contribution in [3.05, 3.63) is 23.8 Å². The third kappa shape index (κ3) is 6.40. The number of rotatable bonds is 7. The van der Waals surface area contributed by atoms with Crippen molar-refractivity contribution in [2.75, 3.05) is 56.3 Å². The number of halogens is 3. The van der Waals surface area contributed by atoms with Gasteiger partial charge in [-0.25, -0.2) is 4.79 Å². The quantitative estimate of drug-likeness (QED) is 0.719. The van der Waals surface area contributed by atoms with Crippen LogP contribution in [0.15, 0.2) is 18.2 Å². The highest BCUT2D eigenvalue weighted by Crippen LogP contribution is 2.35. The van der Waals surface area contributed by atoms with Gasteiger partial charge in [0, 0.05) is 19.7 Å². The van der Waals surface area contributed by atoms with E-state index in [2.05, 4.69) is 5.32 Å². The first-order valence-corrected chi connectivity index (χ1v) is 8.38. The lowest BCUT2D eigenvalue weighted by Crippen LogP contribution is -2.37. The molecule has 27 heavy (non-hydrogen) atoms. The third-order valence-electron chi connectivity index (χ3n) is 3.74. The van der Waals surface area contributed by atoms with Crippen molar-refractivity contribution in [2.24, 2.45) is 0 Å². The number of anilines is 2. The van der Waals surface area contributed by atoms with Crippen LogP contribution in [0.3, 0.4) is 0 Å². The molecule has 0 aromatic heterocycles. The van der Waals surface area contributed by atoms with Crippen LogP contribution in [0, 0.1) is 0 Å². The maximum Gasteiger partial charge on any atom is 0.416 e. The summed E-state index contributed by atoms with van der Waals surface area (Å²) in [6.45, 7) is 2.92. The molecule has 0 unspecified atom stereocenters. The van der Waals surface area contributed by atoms with Crippen LogP contribution in [0.25, 0.3) is 0 Å². The van der Waals surface area contributed by atoms with E-state index in [1.54, 1.807) is 6.92 Å². The molecular weight excluding hydrogens is 369 g/mol. The van der Waals surface area contributed by atoms with Crippen molar-refractivity contribution in [2.45, 2.75) is 13.1 Å². The zero-order valence-corrected chi connectivity index (χ0v) is 14.8. The Bertz CT molecular complexity index is 660. The summed E-state index contributed by atoms with van der Waals surface area (Å²) in [5.74, 6) is -1.47. The molecule has 1 saturated heterocycles. The molecule has 1 amide bonds. The molecule has 0 saturated carbocycles. The first-order valence-electron chi connectivity index (χ1n) is 8.38. The van der Waals surface area contributed by atoms with Crippen molar-refractivity contribution in [3.63, 3.8) is 0 Å². The van der Waals surface area contributed by atoms with Crippen molar-refractivity contribution in [1.82, 2.24) is 0 Å². The molecule has 10 heteroatoms. The maximum absolute atomic E-state index is 13.0. The van der Waals surface area contributed by atoms with Gasteiger partial charge in [-0.3, -0.25) is 4.79 Å². The minimum absolute atomic E-state index is 0.00224. The van der Waals surface area contributed by atoms with Crippen LogP contribution in [0.4, 0.5) is 24.5 Å². The number of carbonyl (C=O) groups excluding carboxylic acids is 2. The Morgan fingerprint density at radius 1 is 1.22 bits per heavy atom. The first kappa shape index (κ1) is 21.0. The predicted octanol–water partition coefficient (Wildman–Crippen LogP) is 2.06. The van der Waals surface area contributed by atoms with Gasteiger partial charge in [0.05, 0.1) is 30.2 Å². The van der Waals surface area contributed by atoms with Gasteiger partial charge in [0.15, 0.2) is 6.61 Å². The van der Waals surface area contributed by atoms with E-state index >= 15 is 0 Å². The van der Waals surface area contributed by atoms with Crippen LogP contribution < -0.4 is 10.2 Å². The van der Waals surface area contributed by atoms with Gasteiger partial charge in [0.25, 0.3) is 5.91 Å². The number of esters is 1. The number of carbonyl (C=O) groups is 2. The topological polar surface area (TPSA) is 77.1 Å². The van der Waals surface area contributed by atoms with Crippen molar-refractivity contribution in [3.8, 4) is 0 Å². The Labute approximate surface area is 154 Å². The van der Waals surface area contributed by atoms with Gasteiger partial charge in [-0.05, 0) is 25.1 Å². The molecule has 7 nitrogen and oxygen atoms in total. The lowest BCUT2D eigenvalue weighted by molar-refractivity contribution is -0.151. The summed E-state index contributed by atoms with van der Waals surface area (Å²) in [7, 11) is 0. The second-order valence-corrected chi connectivity index (χ2v) is 5.68. The molecule has 1 aromatic carbocycles. The molecule has 1 aliphatic heterocycles. The standard InChI is InChI=1S/C17H21F3N2O5/c1-2-25-11-16(24)27-10-15(23)21-13-9-12(17(18,19)20)3-4-14(13)22-5-7-26-8-6-22/h3-4,9H,2,5-8,10-11H2,1H3,(H,21,23). The molecule has 1 heterocycles. The fourth-order valence-corrected chi connectivity index (χ4v) is 2.45. The van der Waals surface area contributed by atoms with E-state index in [0.29, 0.717) is 38.6 Å². The number of ether oxygens (including phenoxy) is 3. The molecule has 0 bridgehead atoms. The molecule has 0 aliphatic carbocycles. The Morgan fingerprint density at radius 2 is 1.93 bits per heavy atom. The number of morpholine rings is 1. The van der Waals surface area contributed by atoms with E-state index in [9.17, 15) is 22.8 Å². The SMILES string of the molecule is CCOCC(=O)OCC(=O)Nc1cc(C(F)(F)F)ccc1N1CCOCC1. The van der Waals surface area contributed by atoms with Gasteiger partial charge < -0.3 is 24.4 Å². The highest BCUT2D eigenvalue weighted by molar-refractivity contribution is 5.96. The van der Waals surface area contributed by atoms with Crippen LogP contribution in [-0.4, -0.2) is 58.0 Å². The van der Waals surface area contributed by atoms with E-state index in [-0.39, 0.29) is 12.3 Å². The highest BCUT2D eigenvalue weighted by Gasteiger charge is 2.32. The average Bonchev–Trinajstić information content (AvgIpc) is 2.64. The molecular formula is C17H21F3N2O5. The van der Waals surface area contributed by atoms with Crippen molar-refractivity contribution >= 4 is 23.3 Å². The molecule has 1 N–H and O–H groups in total. The Kier molecular flexibility index (Phi) is 7.43. The minimum atomic E-state index is -4.55. The van der Waals surface area contributed by atoms with E-state index in [0.717, 1.165) is 12.1 Å². The van der Waals surface area contributed by atoms with Gasteiger partial charge in [-0.15, -0.1) is 0 Å². The highest BCUT2D eigenvalue weighted by atomic mass is 19.4. The number of amides is 1. The maximum atomic E-state index is 13.0. The van der Waals surface area contributed by atoms with Crippen LogP contribution in [0.5, 0.6) is 0 Å².